The van der Waals surface area contributed by atoms with Crippen LogP contribution >= 0.6 is 15.9 Å². The first-order chi connectivity index (χ1) is 10.2. The zero-order chi connectivity index (χ0) is 15.1. The summed E-state index contributed by atoms with van der Waals surface area (Å²) in [4.78, 5) is 0. The van der Waals surface area contributed by atoms with Crippen molar-refractivity contribution < 1.29 is 9.84 Å². The van der Waals surface area contributed by atoms with Gasteiger partial charge in [0, 0.05) is 11.0 Å². The number of benzene rings is 2. The molecule has 4 heteroatoms. The Hall–Kier alpha value is -1.52. The van der Waals surface area contributed by atoms with Gasteiger partial charge in [0.25, 0.3) is 0 Å². The van der Waals surface area contributed by atoms with E-state index in [1.165, 1.54) is 5.56 Å². The number of phenols is 1. The molecule has 0 amide bonds. The maximum atomic E-state index is 9.26. The van der Waals surface area contributed by atoms with E-state index in [0.717, 1.165) is 35.3 Å². The standard InChI is InChI=1S/C17H20BrNO2/c1-2-9-19-11-14-10-16(7-8-17(14)18)21-12-13-3-5-15(20)6-4-13/h3-8,10,19-20H,2,9,11-12H2,1H3. The van der Waals surface area contributed by atoms with E-state index in [0.29, 0.717) is 6.61 Å². The van der Waals surface area contributed by atoms with E-state index < -0.39 is 0 Å². The molecule has 2 rings (SSSR count). The SMILES string of the molecule is CCCNCc1cc(OCc2ccc(O)cc2)ccc1Br. The third-order valence-corrected chi connectivity index (χ3v) is 3.87. The monoisotopic (exact) mass is 349 g/mol. The lowest BCUT2D eigenvalue weighted by molar-refractivity contribution is 0.305. The molecule has 0 aromatic heterocycles. The van der Waals surface area contributed by atoms with Crippen molar-refractivity contribution in [3.63, 3.8) is 0 Å². The third-order valence-electron chi connectivity index (χ3n) is 3.10. The van der Waals surface area contributed by atoms with Gasteiger partial charge in [-0.2, -0.15) is 0 Å². The molecule has 0 aliphatic heterocycles. The molecule has 0 atom stereocenters. The van der Waals surface area contributed by atoms with Crippen LogP contribution in [0.5, 0.6) is 11.5 Å². The van der Waals surface area contributed by atoms with Crippen molar-refractivity contribution in [2.75, 3.05) is 6.54 Å². The second-order valence-corrected chi connectivity index (χ2v) is 5.74. The molecule has 0 fully saturated rings. The number of nitrogens with one attached hydrogen (secondary N) is 1. The molecule has 0 bridgehead atoms. The van der Waals surface area contributed by atoms with Gasteiger partial charge in [-0.05, 0) is 54.4 Å². The molecule has 0 unspecified atom stereocenters. The van der Waals surface area contributed by atoms with E-state index in [2.05, 4.69) is 28.2 Å². The first kappa shape index (κ1) is 15.9. The van der Waals surface area contributed by atoms with Gasteiger partial charge in [0.2, 0.25) is 0 Å². The quantitative estimate of drug-likeness (QED) is 0.734. The summed E-state index contributed by atoms with van der Waals surface area (Å²) in [5, 5.41) is 12.6. The van der Waals surface area contributed by atoms with Crippen LogP contribution < -0.4 is 10.1 Å². The van der Waals surface area contributed by atoms with Crippen molar-refractivity contribution in [1.29, 1.82) is 0 Å². The largest absolute Gasteiger partial charge is 0.508 e. The van der Waals surface area contributed by atoms with Crippen LogP contribution in [0.15, 0.2) is 46.9 Å². The number of rotatable bonds is 7. The molecule has 21 heavy (non-hydrogen) atoms. The molecule has 0 saturated heterocycles. The Morgan fingerprint density at radius 3 is 2.62 bits per heavy atom. The van der Waals surface area contributed by atoms with Crippen LogP contribution in [0.4, 0.5) is 0 Å². The summed E-state index contributed by atoms with van der Waals surface area (Å²) in [6, 6.07) is 13.1. The minimum atomic E-state index is 0.270. The maximum Gasteiger partial charge on any atom is 0.120 e. The molecule has 2 N–H and O–H groups in total. The molecular weight excluding hydrogens is 330 g/mol. The Bertz CT molecular complexity index is 570. The first-order valence-electron chi connectivity index (χ1n) is 7.09. The topological polar surface area (TPSA) is 41.5 Å². The summed E-state index contributed by atoms with van der Waals surface area (Å²) in [6.07, 6.45) is 1.12. The summed E-state index contributed by atoms with van der Waals surface area (Å²) in [7, 11) is 0. The molecule has 0 spiro atoms. The molecule has 0 saturated carbocycles. The number of ether oxygens (including phenoxy) is 1. The second-order valence-electron chi connectivity index (χ2n) is 4.89. The van der Waals surface area contributed by atoms with E-state index >= 15 is 0 Å². The number of hydrogen-bond acceptors (Lipinski definition) is 3. The van der Waals surface area contributed by atoms with Gasteiger partial charge in [0.05, 0.1) is 0 Å². The van der Waals surface area contributed by atoms with Gasteiger partial charge in [-0.15, -0.1) is 0 Å². The van der Waals surface area contributed by atoms with E-state index in [1.807, 2.05) is 30.3 Å². The summed E-state index contributed by atoms with van der Waals surface area (Å²) >= 11 is 3.56. The van der Waals surface area contributed by atoms with Crippen LogP contribution in [0.1, 0.15) is 24.5 Å². The fraction of sp³-hybridized carbons (Fsp3) is 0.294. The maximum absolute atomic E-state index is 9.26. The highest BCUT2D eigenvalue weighted by Crippen LogP contribution is 2.23. The van der Waals surface area contributed by atoms with E-state index in [9.17, 15) is 5.11 Å². The second kappa shape index (κ2) is 8.05. The molecule has 112 valence electrons. The van der Waals surface area contributed by atoms with Gasteiger partial charge in [-0.3, -0.25) is 0 Å². The highest BCUT2D eigenvalue weighted by Gasteiger charge is 2.03. The van der Waals surface area contributed by atoms with E-state index in [-0.39, 0.29) is 5.75 Å². The molecular formula is C17H20BrNO2. The van der Waals surface area contributed by atoms with Crippen molar-refractivity contribution in [1.82, 2.24) is 5.32 Å². The van der Waals surface area contributed by atoms with Crippen molar-refractivity contribution in [3.05, 3.63) is 58.1 Å². The first-order valence-corrected chi connectivity index (χ1v) is 7.88. The van der Waals surface area contributed by atoms with Gasteiger partial charge < -0.3 is 15.2 Å². The Balaban J connectivity index is 1.96. The van der Waals surface area contributed by atoms with Crippen LogP contribution in [-0.2, 0) is 13.2 Å². The molecule has 2 aromatic carbocycles. The zero-order valence-corrected chi connectivity index (χ0v) is 13.7. The highest BCUT2D eigenvalue weighted by molar-refractivity contribution is 9.10. The predicted molar refractivity (Wildman–Crippen MR) is 88.6 cm³/mol. The van der Waals surface area contributed by atoms with Crippen LogP contribution in [0, 0.1) is 0 Å². The fourth-order valence-corrected chi connectivity index (χ4v) is 2.32. The lowest BCUT2D eigenvalue weighted by Crippen LogP contribution is -2.14. The third kappa shape index (κ3) is 5.06. The number of phenolic OH excluding ortho intramolecular Hbond substituents is 1. The number of aromatic hydroxyl groups is 1. The minimum absolute atomic E-state index is 0.270. The summed E-state index contributed by atoms with van der Waals surface area (Å²) in [5.74, 6) is 1.12. The Morgan fingerprint density at radius 2 is 1.90 bits per heavy atom. The van der Waals surface area contributed by atoms with Crippen molar-refractivity contribution in [2.24, 2.45) is 0 Å². The summed E-state index contributed by atoms with van der Waals surface area (Å²) < 4.78 is 6.89. The lowest BCUT2D eigenvalue weighted by atomic mass is 10.2. The smallest absolute Gasteiger partial charge is 0.120 e. The van der Waals surface area contributed by atoms with E-state index in [1.54, 1.807) is 12.1 Å². The molecule has 3 nitrogen and oxygen atoms in total. The van der Waals surface area contributed by atoms with Gasteiger partial charge in [-0.1, -0.05) is 35.0 Å². The Morgan fingerprint density at radius 1 is 1.14 bits per heavy atom. The van der Waals surface area contributed by atoms with Crippen LogP contribution in [0.3, 0.4) is 0 Å². The van der Waals surface area contributed by atoms with Gasteiger partial charge in [0.15, 0.2) is 0 Å². The van der Waals surface area contributed by atoms with Crippen LogP contribution in [0.2, 0.25) is 0 Å². The molecule has 0 aliphatic carbocycles. The Labute approximate surface area is 134 Å². The van der Waals surface area contributed by atoms with Gasteiger partial charge in [-0.25, -0.2) is 0 Å². The van der Waals surface area contributed by atoms with Crippen LogP contribution in [-0.4, -0.2) is 11.7 Å². The summed E-state index contributed by atoms with van der Waals surface area (Å²) in [6.45, 7) is 4.47. The molecule has 0 heterocycles. The summed E-state index contributed by atoms with van der Waals surface area (Å²) in [5.41, 5.74) is 2.22. The van der Waals surface area contributed by atoms with Gasteiger partial charge >= 0.3 is 0 Å². The number of halogens is 1. The molecule has 2 aromatic rings. The zero-order valence-electron chi connectivity index (χ0n) is 12.1. The number of hydrogen-bond donors (Lipinski definition) is 2. The highest BCUT2D eigenvalue weighted by atomic mass is 79.9. The fourth-order valence-electron chi connectivity index (χ4n) is 1.94. The lowest BCUT2D eigenvalue weighted by Gasteiger charge is -2.11. The Kier molecular flexibility index (Phi) is 6.08. The van der Waals surface area contributed by atoms with E-state index in [4.69, 9.17) is 4.74 Å². The van der Waals surface area contributed by atoms with Crippen LogP contribution in [0.25, 0.3) is 0 Å². The molecule has 0 aliphatic rings. The van der Waals surface area contributed by atoms with Crippen molar-refractivity contribution in [2.45, 2.75) is 26.5 Å². The average molecular weight is 350 g/mol. The minimum Gasteiger partial charge on any atom is -0.508 e. The molecule has 0 radical (unpaired) electrons. The average Bonchev–Trinajstić information content (AvgIpc) is 2.49. The normalized spacial score (nSPS) is 10.6. The predicted octanol–water partition coefficient (Wildman–Crippen LogP) is 4.23. The van der Waals surface area contributed by atoms with Crippen molar-refractivity contribution in [3.8, 4) is 11.5 Å². The van der Waals surface area contributed by atoms with Crippen molar-refractivity contribution >= 4 is 15.9 Å². The van der Waals surface area contributed by atoms with Gasteiger partial charge in [0.1, 0.15) is 18.1 Å².